The fourth-order valence-electron chi connectivity index (χ4n) is 1.43. The highest BCUT2D eigenvalue weighted by Gasteiger charge is 2.13. The molecule has 1 aromatic rings. The van der Waals surface area contributed by atoms with Crippen molar-refractivity contribution in [1.29, 1.82) is 5.26 Å². The fraction of sp³-hybridized carbons (Fsp3) is 0.333. The number of hydrogen-bond donors (Lipinski definition) is 3. The normalized spacial score (nSPS) is 11.5. The average Bonchev–Trinajstić information content (AvgIpc) is 2.27. The Kier molecular flexibility index (Phi) is 4.35. The summed E-state index contributed by atoms with van der Waals surface area (Å²) in [6, 6.07) is 5.01. The summed E-state index contributed by atoms with van der Waals surface area (Å²) in [7, 11) is 0. The van der Waals surface area contributed by atoms with Crippen LogP contribution in [0.5, 0.6) is 11.5 Å². The van der Waals surface area contributed by atoms with E-state index in [9.17, 15) is 15.0 Å². The summed E-state index contributed by atoms with van der Waals surface area (Å²) < 4.78 is 0. The van der Waals surface area contributed by atoms with E-state index in [-0.39, 0.29) is 17.1 Å². The van der Waals surface area contributed by atoms with E-state index in [1.807, 2.05) is 13.0 Å². The minimum Gasteiger partial charge on any atom is -0.508 e. The summed E-state index contributed by atoms with van der Waals surface area (Å²) in [6.45, 7) is 1.91. The van der Waals surface area contributed by atoms with E-state index in [1.54, 1.807) is 0 Å². The molecule has 0 spiro atoms. The lowest BCUT2D eigenvalue weighted by atomic mass is 10.1. The first kappa shape index (κ1) is 12.8. The molecule has 0 radical (unpaired) electrons. The van der Waals surface area contributed by atoms with Gasteiger partial charge in [-0.2, -0.15) is 5.26 Å². The second-order valence-electron chi connectivity index (χ2n) is 3.68. The highest BCUT2D eigenvalue weighted by molar-refractivity contribution is 5.95. The Morgan fingerprint density at radius 1 is 1.41 bits per heavy atom. The van der Waals surface area contributed by atoms with Crippen LogP contribution in [0.15, 0.2) is 18.2 Å². The monoisotopic (exact) mass is 234 g/mol. The minimum atomic E-state index is -0.558. The molecule has 0 fully saturated rings. The van der Waals surface area contributed by atoms with E-state index in [0.29, 0.717) is 6.42 Å². The number of aromatic hydroxyl groups is 2. The molecule has 0 aliphatic carbocycles. The summed E-state index contributed by atoms with van der Waals surface area (Å²) in [5, 5.41) is 29.8. The quantitative estimate of drug-likeness (QED) is 0.736. The number of rotatable bonds is 4. The van der Waals surface area contributed by atoms with Crippen molar-refractivity contribution in [3.05, 3.63) is 23.8 Å². The smallest absolute Gasteiger partial charge is 0.252 e. The molecule has 90 valence electrons. The van der Waals surface area contributed by atoms with Crippen molar-refractivity contribution in [3.8, 4) is 17.6 Å². The molecule has 17 heavy (non-hydrogen) atoms. The number of hydrogen-bond acceptors (Lipinski definition) is 4. The van der Waals surface area contributed by atoms with Crippen LogP contribution in [0.1, 0.15) is 30.1 Å². The molecule has 0 aliphatic rings. The van der Waals surface area contributed by atoms with Gasteiger partial charge < -0.3 is 15.5 Å². The van der Waals surface area contributed by atoms with Crippen LogP contribution >= 0.6 is 0 Å². The summed E-state index contributed by atoms with van der Waals surface area (Å²) in [6.07, 6.45) is 1.34. The number of phenolic OH excluding ortho intramolecular Hbond substituents is 2. The highest BCUT2D eigenvalue weighted by atomic mass is 16.3. The molecular formula is C12H14N2O3. The number of nitrogens with one attached hydrogen (secondary N) is 1. The summed E-state index contributed by atoms with van der Waals surface area (Å²) >= 11 is 0. The number of nitrogens with zero attached hydrogens (tertiary/aromatic N) is 1. The number of carbonyl (C=O) groups excluding carboxylic acids is 1. The molecule has 1 atom stereocenters. The van der Waals surface area contributed by atoms with Crippen LogP contribution in [0.25, 0.3) is 0 Å². The molecule has 5 heteroatoms. The molecule has 1 rings (SSSR count). The molecule has 1 amide bonds. The van der Waals surface area contributed by atoms with Crippen molar-refractivity contribution in [2.75, 3.05) is 0 Å². The van der Waals surface area contributed by atoms with Gasteiger partial charge in [-0.3, -0.25) is 4.79 Å². The highest BCUT2D eigenvalue weighted by Crippen LogP contribution is 2.20. The van der Waals surface area contributed by atoms with Gasteiger partial charge in [0.1, 0.15) is 17.5 Å². The number of benzene rings is 1. The van der Waals surface area contributed by atoms with E-state index < -0.39 is 11.9 Å². The molecule has 1 unspecified atom stereocenters. The Balaban J connectivity index is 2.79. The van der Waals surface area contributed by atoms with Gasteiger partial charge in [-0.05, 0) is 18.6 Å². The van der Waals surface area contributed by atoms with Crippen LogP contribution in [0.2, 0.25) is 0 Å². The van der Waals surface area contributed by atoms with Gasteiger partial charge in [0, 0.05) is 11.6 Å². The van der Waals surface area contributed by atoms with Crippen LogP contribution in [0, 0.1) is 11.3 Å². The third kappa shape index (κ3) is 3.68. The topological polar surface area (TPSA) is 93.4 Å². The van der Waals surface area contributed by atoms with Gasteiger partial charge >= 0.3 is 0 Å². The van der Waals surface area contributed by atoms with Crippen LogP contribution in [-0.2, 0) is 0 Å². The molecule has 0 saturated heterocycles. The molecule has 1 aromatic carbocycles. The number of nitriles is 1. The van der Waals surface area contributed by atoms with Crippen LogP contribution in [-0.4, -0.2) is 22.2 Å². The Bertz CT molecular complexity index is 431. The first-order chi connectivity index (χ1) is 8.06. The van der Waals surface area contributed by atoms with E-state index >= 15 is 0 Å². The number of carbonyl (C=O) groups is 1. The maximum Gasteiger partial charge on any atom is 0.252 e. The molecular weight excluding hydrogens is 220 g/mol. The van der Waals surface area contributed by atoms with Crippen molar-refractivity contribution in [3.63, 3.8) is 0 Å². The zero-order valence-electron chi connectivity index (χ0n) is 9.47. The zero-order chi connectivity index (χ0) is 12.8. The van der Waals surface area contributed by atoms with Gasteiger partial charge in [0.15, 0.2) is 0 Å². The van der Waals surface area contributed by atoms with E-state index in [0.717, 1.165) is 12.5 Å². The maximum absolute atomic E-state index is 11.7. The van der Waals surface area contributed by atoms with Crippen LogP contribution in [0.4, 0.5) is 0 Å². The molecule has 0 bridgehead atoms. The maximum atomic E-state index is 11.7. The van der Waals surface area contributed by atoms with Gasteiger partial charge in [0.2, 0.25) is 0 Å². The molecule has 3 N–H and O–H groups in total. The lowest BCUT2D eigenvalue weighted by Gasteiger charge is -2.10. The third-order valence-electron chi connectivity index (χ3n) is 2.20. The predicted molar refractivity (Wildman–Crippen MR) is 61.5 cm³/mol. The fourth-order valence-corrected chi connectivity index (χ4v) is 1.43. The van der Waals surface area contributed by atoms with Crippen molar-refractivity contribution in [2.24, 2.45) is 0 Å². The second-order valence-corrected chi connectivity index (χ2v) is 3.68. The Morgan fingerprint density at radius 2 is 2.00 bits per heavy atom. The van der Waals surface area contributed by atoms with Gasteiger partial charge in [-0.1, -0.05) is 13.3 Å². The van der Waals surface area contributed by atoms with Crippen LogP contribution in [0.3, 0.4) is 0 Å². The summed E-state index contributed by atoms with van der Waals surface area (Å²) in [5.41, 5.74) is 0.124. The predicted octanol–water partition coefficient (Wildman–Crippen LogP) is 1.52. The van der Waals surface area contributed by atoms with E-state index in [2.05, 4.69) is 5.32 Å². The first-order valence-electron chi connectivity index (χ1n) is 5.30. The molecule has 5 nitrogen and oxygen atoms in total. The largest absolute Gasteiger partial charge is 0.508 e. The second kappa shape index (κ2) is 5.75. The van der Waals surface area contributed by atoms with Gasteiger partial charge in [0.25, 0.3) is 5.91 Å². The molecule has 0 aliphatic heterocycles. The third-order valence-corrected chi connectivity index (χ3v) is 2.20. The van der Waals surface area contributed by atoms with Gasteiger partial charge in [-0.15, -0.1) is 0 Å². The average molecular weight is 234 g/mol. The van der Waals surface area contributed by atoms with Crippen molar-refractivity contribution < 1.29 is 15.0 Å². The van der Waals surface area contributed by atoms with E-state index in [1.165, 1.54) is 12.1 Å². The van der Waals surface area contributed by atoms with Crippen molar-refractivity contribution >= 4 is 5.91 Å². The van der Waals surface area contributed by atoms with Crippen molar-refractivity contribution in [1.82, 2.24) is 5.32 Å². The SMILES string of the molecule is CCCC(C#N)NC(=O)c1cc(O)cc(O)c1. The zero-order valence-corrected chi connectivity index (χ0v) is 9.47. The molecule has 0 saturated carbocycles. The van der Waals surface area contributed by atoms with E-state index in [4.69, 9.17) is 5.26 Å². The standard InChI is InChI=1S/C12H14N2O3/c1-2-3-9(7-13)14-12(17)8-4-10(15)6-11(16)5-8/h4-6,9,15-16H,2-3H2,1H3,(H,14,17). The Morgan fingerprint density at radius 3 is 2.47 bits per heavy atom. The minimum absolute atomic E-state index is 0.124. The Hall–Kier alpha value is -2.22. The number of amides is 1. The lowest BCUT2D eigenvalue weighted by Crippen LogP contribution is -2.33. The number of phenols is 2. The summed E-state index contributed by atoms with van der Waals surface area (Å²) in [5.74, 6) is -0.880. The van der Waals surface area contributed by atoms with Gasteiger partial charge in [0.05, 0.1) is 6.07 Å². The van der Waals surface area contributed by atoms with Crippen molar-refractivity contribution in [2.45, 2.75) is 25.8 Å². The lowest BCUT2D eigenvalue weighted by molar-refractivity contribution is 0.0943. The van der Waals surface area contributed by atoms with Crippen LogP contribution < -0.4 is 5.32 Å². The van der Waals surface area contributed by atoms with Gasteiger partial charge in [-0.25, -0.2) is 0 Å². The first-order valence-corrected chi connectivity index (χ1v) is 5.30. The summed E-state index contributed by atoms with van der Waals surface area (Å²) in [4.78, 5) is 11.7. The molecule has 0 aromatic heterocycles. The molecule has 0 heterocycles. The Labute approximate surface area is 99.3 Å².